The van der Waals surface area contributed by atoms with Gasteiger partial charge in [-0.2, -0.15) is 0 Å². The molecule has 1 aromatic rings. The number of hydrogen-bond acceptors (Lipinski definition) is 1. The predicted octanol–water partition coefficient (Wildman–Crippen LogP) is 5.33. The zero-order valence-electron chi connectivity index (χ0n) is 13.7. The number of hydrogen-bond donors (Lipinski definition) is 1. The van der Waals surface area contributed by atoms with Crippen molar-refractivity contribution >= 4 is 0 Å². The highest BCUT2D eigenvalue weighted by Crippen LogP contribution is 2.42. The van der Waals surface area contributed by atoms with E-state index in [1.807, 2.05) is 0 Å². The average Bonchev–Trinajstić information content (AvgIpc) is 2.38. The quantitative estimate of drug-likeness (QED) is 0.760. The summed E-state index contributed by atoms with van der Waals surface area (Å²) >= 11 is 0. The minimum atomic E-state index is 0.0217. The fraction of sp³-hybridized carbons (Fsp3) is 0.667. The fourth-order valence-corrected chi connectivity index (χ4v) is 2.31. The zero-order chi connectivity index (χ0) is 14.8. The van der Waals surface area contributed by atoms with Crippen LogP contribution in [0.3, 0.4) is 0 Å². The number of aromatic hydroxyl groups is 1. The lowest BCUT2D eigenvalue weighted by Gasteiger charge is -2.31. The summed E-state index contributed by atoms with van der Waals surface area (Å²) in [5.41, 5.74) is 3.57. The third-order valence-corrected chi connectivity index (χ3v) is 4.80. The summed E-state index contributed by atoms with van der Waals surface area (Å²) in [6.07, 6.45) is 3.07. The van der Waals surface area contributed by atoms with E-state index in [1.165, 1.54) is 5.56 Å². The van der Waals surface area contributed by atoms with Gasteiger partial charge >= 0.3 is 0 Å². The molecule has 0 unspecified atom stereocenters. The van der Waals surface area contributed by atoms with Crippen LogP contribution in [-0.2, 0) is 17.3 Å². The summed E-state index contributed by atoms with van der Waals surface area (Å²) in [5, 5.41) is 10.7. The van der Waals surface area contributed by atoms with Gasteiger partial charge in [0.2, 0.25) is 0 Å². The molecule has 0 aromatic heterocycles. The highest BCUT2D eigenvalue weighted by molar-refractivity contribution is 5.50. The van der Waals surface area contributed by atoms with Gasteiger partial charge in [-0.15, -0.1) is 0 Å². The first kappa shape index (κ1) is 16.1. The van der Waals surface area contributed by atoms with Crippen molar-refractivity contribution < 1.29 is 5.11 Å². The van der Waals surface area contributed by atoms with Crippen LogP contribution in [0, 0.1) is 0 Å². The Morgan fingerprint density at radius 1 is 0.842 bits per heavy atom. The van der Waals surface area contributed by atoms with Crippen LogP contribution in [0.4, 0.5) is 0 Å². The third kappa shape index (κ3) is 3.13. The van der Waals surface area contributed by atoms with Gasteiger partial charge in [0.15, 0.2) is 0 Å². The van der Waals surface area contributed by atoms with Crippen molar-refractivity contribution in [2.75, 3.05) is 0 Å². The second kappa shape index (κ2) is 5.56. The molecule has 0 bridgehead atoms. The van der Waals surface area contributed by atoms with Crippen molar-refractivity contribution in [1.82, 2.24) is 0 Å². The van der Waals surface area contributed by atoms with Gasteiger partial charge in [0.05, 0.1) is 0 Å². The van der Waals surface area contributed by atoms with Crippen molar-refractivity contribution in [3.8, 4) is 5.75 Å². The number of aryl methyl sites for hydroxylation is 1. The first-order valence-corrected chi connectivity index (χ1v) is 7.56. The highest BCUT2D eigenvalue weighted by atomic mass is 16.3. The smallest absolute Gasteiger partial charge is 0.123 e. The topological polar surface area (TPSA) is 20.2 Å². The zero-order valence-corrected chi connectivity index (χ0v) is 13.7. The molecule has 108 valence electrons. The SMILES string of the molecule is CCc1cc(C(C)(C)CC)c(O)c(C(C)(C)CC)c1. The lowest BCUT2D eigenvalue weighted by atomic mass is 9.74. The lowest BCUT2D eigenvalue weighted by Crippen LogP contribution is -2.21. The van der Waals surface area contributed by atoms with E-state index < -0.39 is 0 Å². The maximum atomic E-state index is 10.7. The molecule has 0 aliphatic carbocycles. The van der Waals surface area contributed by atoms with Crippen LogP contribution >= 0.6 is 0 Å². The van der Waals surface area contributed by atoms with Crippen LogP contribution in [0.25, 0.3) is 0 Å². The molecule has 0 saturated carbocycles. The molecular weight excluding hydrogens is 232 g/mol. The number of phenolic OH excluding ortho intramolecular Hbond substituents is 1. The van der Waals surface area contributed by atoms with Gasteiger partial charge in [-0.25, -0.2) is 0 Å². The van der Waals surface area contributed by atoms with E-state index >= 15 is 0 Å². The minimum absolute atomic E-state index is 0.0217. The highest BCUT2D eigenvalue weighted by Gasteiger charge is 2.29. The van der Waals surface area contributed by atoms with Crippen molar-refractivity contribution in [3.05, 3.63) is 28.8 Å². The Balaban J connectivity index is 3.55. The number of phenols is 1. The Kier molecular flexibility index (Phi) is 4.71. The van der Waals surface area contributed by atoms with Gasteiger partial charge in [0.1, 0.15) is 5.75 Å². The van der Waals surface area contributed by atoms with Gasteiger partial charge < -0.3 is 5.11 Å². The summed E-state index contributed by atoms with van der Waals surface area (Å²) in [4.78, 5) is 0. The first-order chi connectivity index (χ1) is 8.69. The largest absolute Gasteiger partial charge is 0.507 e. The normalized spacial score (nSPS) is 12.8. The van der Waals surface area contributed by atoms with Crippen LogP contribution in [0.2, 0.25) is 0 Å². The standard InChI is InChI=1S/C18H30O/c1-8-13-11-14(17(4,5)9-2)16(19)15(12-13)18(6,7)10-3/h11-12,19H,8-10H2,1-7H3. The molecule has 1 aromatic carbocycles. The van der Waals surface area contributed by atoms with E-state index in [0.29, 0.717) is 5.75 Å². The van der Waals surface area contributed by atoms with Crippen molar-refractivity contribution in [2.24, 2.45) is 0 Å². The van der Waals surface area contributed by atoms with Crippen LogP contribution < -0.4 is 0 Å². The third-order valence-electron chi connectivity index (χ3n) is 4.80. The molecule has 0 heterocycles. The van der Waals surface area contributed by atoms with Crippen LogP contribution in [0.1, 0.15) is 78.0 Å². The Morgan fingerprint density at radius 2 is 1.21 bits per heavy atom. The number of rotatable bonds is 5. The van der Waals surface area contributed by atoms with Gasteiger partial charge in [-0.05, 0) is 35.7 Å². The van der Waals surface area contributed by atoms with Crippen molar-refractivity contribution in [1.29, 1.82) is 0 Å². The van der Waals surface area contributed by atoms with Crippen LogP contribution in [0.5, 0.6) is 5.75 Å². The first-order valence-electron chi connectivity index (χ1n) is 7.56. The molecule has 0 spiro atoms. The van der Waals surface area contributed by atoms with E-state index in [2.05, 4.69) is 60.6 Å². The summed E-state index contributed by atoms with van der Waals surface area (Å²) in [7, 11) is 0. The van der Waals surface area contributed by atoms with E-state index in [9.17, 15) is 5.11 Å². The average molecular weight is 262 g/mol. The monoisotopic (exact) mass is 262 g/mol. The molecule has 0 aliphatic heterocycles. The van der Waals surface area contributed by atoms with Gasteiger partial charge in [-0.3, -0.25) is 0 Å². The molecule has 1 nitrogen and oxygen atoms in total. The predicted molar refractivity (Wildman–Crippen MR) is 84.1 cm³/mol. The summed E-state index contributed by atoms with van der Waals surface area (Å²) in [6, 6.07) is 4.38. The Morgan fingerprint density at radius 3 is 1.47 bits per heavy atom. The van der Waals surface area contributed by atoms with E-state index in [-0.39, 0.29) is 10.8 Å². The van der Waals surface area contributed by atoms with Gasteiger partial charge in [-0.1, -0.05) is 60.6 Å². The summed E-state index contributed by atoms with van der Waals surface area (Å²) < 4.78 is 0. The molecule has 1 rings (SSSR count). The summed E-state index contributed by atoms with van der Waals surface area (Å²) in [6.45, 7) is 15.4. The van der Waals surface area contributed by atoms with E-state index in [0.717, 1.165) is 30.4 Å². The van der Waals surface area contributed by atoms with Crippen LogP contribution in [0.15, 0.2) is 12.1 Å². The molecule has 0 aliphatic rings. The summed E-state index contributed by atoms with van der Waals surface area (Å²) in [5.74, 6) is 0.510. The maximum absolute atomic E-state index is 10.7. The van der Waals surface area contributed by atoms with Crippen LogP contribution in [-0.4, -0.2) is 5.11 Å². The fourth-order valence-electron chi connectivity index (χ4n) is 2.31. The van der Waals surface area contributed by atoms with Crippen molar-refractivity contribution in [3.63, 3.8) is 0 Å². The Bertz CT molecular complexity index is 404. The Hall–Kier alpha value is -0.980. The molecular formula is C18H30O. The molecule has 0 saturated heterocycles. The molecule has 19 heavy (non-hydrogen) atoms. The van der Waals surface area contributed by atoms with Gasteiger partial charge in [0, 0.05) is 11.1 Å². The second-order valence-electron chi connectivity index (χ2n) is 6.87. The molecule has 1 N–H and O–H groups in total. The molecule has 0 amide bonds. The molecule has 0 radical (unpaired) electrons. The van der Waals surface area contributed by atoms with E-state index in [1.54, 1.807) is 0 Å². The van der Waals surface area contributed by atoms with E-state index in [4.69, 9.17) is 0 Å². The lowest BCUT2D eigenvalue weighted by molar-refractivity contribution is 0.399. The molecule has 0 atom stereocenters. The number of benzene rings is 1. The molecule has 1 heteroatoms. The second-order valence-corrected chi connectivity index (χ2v) is 6.87. The van der Waals surface area contributed by atoms with Gasteiger partial charge in [0.25, 0.3) is 0 Å². The van der Waals surface area contributed by atoms with Crippen molar-refractivity contribution in [2.45, 2.75) is 78.6 Å². The minimum Gasteiger partial charge on any atom is -0.507 e. The molecule has 0 fully saturated rings. The Labute approximate surface area is 119 Å². The maximum Gasteiger partial charge on any atom is 0.123 e.